The lowest BCUT2D eigenvalue weighted by Gasteiger charge is -2.09. The van der Waals surface area contributed by atoms with Crippen molar-refractivity contribution in [1.29, 1.82) is 0 Å². The molecule has 1 heterocycles. The lowest BCUT2D eigenvalue weighted by molar-refractivity contribution is 0.0542. The Morgan fingerprint density at radius 2 is 2.18 bits per heavy atom. The molecule has 0 saturated heterocycles. The van der Waals surface area contributed by atoms with Gasteiger partial charge in [-0.3, -0.25) is 0 Å². The van der Waals surface area contributed by atoms with Gasteiger partial charge in [-0.05, 0) is 20.3 Å². The maximum absolute atomic E-state index is 5.46. The van der Waals surface area contributed by atoms with Crippen molar-refractivity contribution in [1.82, 2.24) is 9.97 Å². The smallest absolute Gasteiger partial charge is 0.225 e. The summed E-state index contributed by atoms with van der Waals surface area (Å²) >= 11 is 0. The van der Waals surface area contributed by atoms with Gasteiger partial charge in [0.2, 0.25) is 11.8 Å². The van der Waals surface area contributed by atoms with Gasteiger partial charge in [0, 0.05) is 18.8 Å². The summed E-state index contributed by atoms with van der Waals surface area (Å²) in [6.45, 7) is 8.02. The molecule has 0 aliphatic rings. The van der Waals surface area contributed by atoms with Gasteiger partial charge < -0.3 is 14.8 Å². The number of rotatable bonds is 8. The first-order chi connectivity index (χ1) is 8.22. The number of aromatic nitrogens is 2. The molecule has 0 atom stereocenters. The molecule has 5 heteroatoms. The van der Waals surface area contributed by atoms with Crippen molar-refractivity contribution >= 4 is 5.95 Å². The van der Waals surface area contributed by atoms with E-state index in [1.54, 1.807) is 12.3 Å². The minimum absolute atomic E-state index is 0.228. The van der Waals surface area contributed by atoms with E-state index < -0.39 is 0 Å². The number of hydrogen-bond acceptors (Lipinski definition) is 5. The van der Waals surface area contributed by atoms with E-state index in [0.717, 1.165) is 13.0 Å². The highest BCUT2D eigenvalue weighted by Gasteiger charge is 1.99. The molecule has 17 heavy (non-hydrogen) atoms. The van der Waals surface area contributed by atoms with E-state index in [2.05, 4.69) is 22.2 Å². The molecule has 0 saturated carbocycles. The van der Waals surface area contributed by atoms with Crippen molar-refractivity contribution < 1.29 is 9.47 Å². The van der Waals surface area contributed by atoms with Crippen LogP contribution < -0.4 is 10.1 Å². The standard InChI is InChI=1S/C12H21N3O2/c1-4-6-13-12-14-7-5-11(15-12)17-9-8-16-10(2)3/h5,7,10H,4,6,8-9H2,1-3H3,(H,13,14,15). The van der Waals surface area contributed by atoms with Gasteiger partial charge >= 0.3 is 0 Å². The van der Waals surface area contributed by atoms with Crippen molar-refractivity contribution in [2.24, 2.45) is 0 Å². The van der Waals surface area contributed by atoms with Crippen LogP contribution in [-0.2, 0) is 4.74 Å². The Labute approximate surface area is 103 Å². The van der Waals surface area contributed by atoms with Crippen molar-refractivity contribution in [3.63, 3.8) is 0 Å². The fourth-order valence-corrected chi connectivity index (χ4v) is 1.17. The first-order valence-corrected chi connectivity index (χ1v) is 6.03. The molecular formula is C12H21N3O2. The van der Waals surface area contributed by atoms with Crippen molar-refractivity contribution in [2.45, 2.75) is 33.3 Å². The molecule has 0 fully saturated rings. The molecule has 1 aromatic rings. The first kappa shape index (κ1) is 13.7. The van der Waals surface area contributed by atoms with Crippen LogP contribution in [0.4, 0.5) is 5.95 Å². The molecular weight excluding hydrogens is 218 g/mol. The van der Waals surface area contributed by atoms with Gasteiger partial charge in [0.15, 0.2) is 0 Å². The lowest BCUT2D eigenvalue weighted by atomic mass is 10.5. The van der Waals surface area contributed by atoms with Crippen LogP contribution >= 0.6 is 0 Å². The average Bonchev–Trinajstić information content (AvgIpc) is 2.32. The second-order valence-electron chi connectivity index (χ2n) is 3.91. The van der Waals surface area contributed by atoms with Crippen LogP contribution in [-0.4, -0.2) is 35.8 Å². The summed E-state index contributed by atoms with van der Waals surface area (Å²) in [4.78, 5) is 8.33. The Balaban J connectivity index is 2.32. The summed E-state index contributed by atoms with van der Waals surface area (Å²) in [6, 6.07) is 1.74. The minimum atomic E-state index is 0.228. The van der Waals surface area contributed by atoms with E-state index in [4.69, 9.17) is 9.47 Å². The van der Waals surface area contributed by atoms with Crippen molar-refractivity contribution in [3.8, 4) is 5.88 Å². The summed E-state index contributed by atoms with van der Waals surface area (Å²) in [5.74, 6) is 1.18. The molecule has 1 N–H and O–H groups in total. The maximum Gasteiger partial charge on any atom is 0.225 e. The highest BCUT2D eigenvalue weighted by molar-refractivity contribution is 5.27. The highest BCUT2D eigenvalue weighted by atomic mass is 16.5. The molecule has 0 spiro atoms. The molecule has 0 radical (unpaired) electrons. The van der Waals surface area contributed by atoms with Gasteiger partial charge in [-0.25, -0.2) is 4.98 Å². The number of nitrogens with one attached hydrogen (secondary N) is 1. The summed E-state index contributed by atoms with van der Waals surface area (Å²) < 4.78 is 10.8. The van der Waals surface area contributed by atoms with Crippen LogP contribution in [0, 0.1) is 0 Å². The van der Waals surface area contributed by atoms with Gasteiger partial charge in [-0.1, -0.05) is 6.92 Å². The topological polar surface area (TPSA) is 56.3 Å². The summed E-state index contributed by atoms with van der Waals surface area (Å²) in [5, 5.41) is 3.11. The number of hydrogen-bond donors (Lipinski definition) is 1. The molecule has 0 aliphatic heterocycles. The second-order valence-corrected chi connectivity index (χ2v) is 3.91. The van der Waals surface area contributed by atoms with E-state index in [1.807, 2.05) is 13.8 Å². The third-order valence-electron chi connectivity index (χ3n) is 1.95. The largest absolute Gasteiger partial charge is 0.475 e. The van der Waals surface area contributed by atoms with E-state index in [9.17, 15) is 0 Å². The van der Waals surface area contributed by atoms with Gasteiger partial charge in [0.25, 0.3) is 0 Å². The molecule has 96 valence electrons. The number of nitrogens with zero attached hydrogens (tertiary/aromatic N) is 2. The number of ether oxygens (including phenoxy) is 2. The third kappa shape index (κ3) is 6.06. The fraction of sp³-hybridized carbons (Fsp3) is 0.667. The fourth-order valence-electron chi connectivity index (χ4n) is 1.17. The van der Waals surface area contributed by atoms with Gasteiger partial charge in [0.05, 0.1) is 12.7 Å². The van der Waals surface area contributed by atoms with E-state index in [-0.39, 0.29) is 6.10 Å². The molecule has 0 amide bonds. The average molecular weight is 239 g/mol. The molecule has 0 aliphatic carbocycles. The van der Waals surface area contributed by atoms with Crippen LogP contribution in [0.25, 0.3) is 0 Å². The van der Waals surface area contributed by atoms with E-state index in [1.165, 1.54) is 0 Å². The lowest BCUT2D eigenvalue weighted by Crippen LogP contribution is -2.12. The summed E-state index contributed by atoms with van der Waals surface area (Å²) in [6.07, 6.45) is 2.95. The Hall–Kier alpha value is -1.36. The quantitative estimate of drug-likeness (QED) is 0.704. The van der Waals surface area contributed by atoms with Crippen LogP contribution in [0.3, 0.4) is 0 Å². The predicted octanol–water partition coefficient (Wildman–Crippen LogP) is 2.10. The molecule has 0 bridgehead atoms. The van der Waals surface area contributed by atoms with Crippen LogP contribution in [0.15, 0.2) is 12.3 Å². The van der Waals surface area contributed by atoms with Crippen LogP contribution in [0.1, 0.15) is 27.2 Å². The van der Waals surface area contributed by atoms with Crippen molar-refractivity contribution in [2.75, 3.05) is 25.1 Å². The first-order valence-electron chi connectivity index (χ1n) is 6.03. The van der Waals surface area contributed by atoms with Gasteiger partial charge in [0.1, 0.15) is 6.61 Å². The number of anilines is 1. The zero-order valence-electron chi connectivity index (χ0n) is 10.8. The minimum Gasteiger partial charge on any atom is -0.475 e. The second kappa shape index (κ2) is 7.84. The summed E-state index contributed by atoms with van der Waals surface area (Å²) in [5.41, 5.74) is 0. The van der Waals surface area contributed by atoms with Crippen molar-refractivity contribution in [3.05, 3.63) is 12.3 Å². The highest BCUT2D eigenvalue weighted by Crippen LogP contribution is 2.08. The monoisotopic (exact) mass is 239 g/mol. The molecule has 5 nitrogen and oxygen atoms in total. The summed E-state index contributed by atoms with van der Waals surface area (Å²) in [7, 11) is 0. The third-order valence-corrected chi connectivity index (χ3v) is 1.95. The van der Waals surface area contributed by atoms with E-state index in [0.29, 0.717) is 25.0 Å². The zero-order chi connectivity index (χ0) is 12.5. The maximum atomic E-state index is 5.46. The predicted molar refractivity (Wildman–Crippen MR) is 67.4 cm³/mol. The van der Waals surface area contributed by atoms with Gasteiger partial charge in [-0.2, -0.15) is 4.98 Å². The Kier molecular flexibility index (Phi) is 6.32. The molecule has 0 aromatic carbocycles. The van der Waals surface area contributed by atoms with E-state index >= 15 is 0 Å². The Bertz CT molecular complexity index is 318. The zero-order valence-corrected chi connectivity index (χ0v) is 10.8. The van der Waals surface area contributed by atoms with Crippen LogP contribution in [0.5, 0.6) is 5.88 Å². The molecule has 1 rings (SSSR count). The normalized spacial score (nSPS) is 10.6. The van der Waals surface area contributed by atoms with Gasteiger partial charge in [-0.15, -0.1) is 0 Å². The molecule has 0 unspecified atom stereocenters. The SMILES string of the molecule is CCCNc1nccc(OCCOC(C)C)n1. The Morgan fingerprint density at radius 3 is 2.88 bits per heavy atom. The van der Waals surface area contributed by atoms with Crippen LogP contribution in [0.2, 0.25) is 0 Å². The Morgan fingerprint density at radius 1 is 1.35 bits per heavy atom. The molecule has 1 aromatic heterocycles.